The summed E-state index contributed by atoms with van der Waals surface area (Å²) in [6, 6.07) is 15.1. The molecule has 0 aromatic heterocycles. The number of benzene rings is 2. The van der Waals surface area contributed by atoms with Gasteiger partial charge in [0.1, 0.15) is 5.75 Å². The van der Waals surface area contributed by atoms with E-state index in [1.54, 1.807) is 24.1 Å². The number of methoxy groups -OCH3 is 1. The van der Waals surface area contributed by atoms with Crippen LogP contribution < -0.4 is 9.88 Å². The van der Waals surface area contributed by atoms with Gasteiger partial charge in [-0.15, -0.1) is 0 Å². The van der Waals surface area contributed by atoms with E-state index >= 15 is 0 Å². The van der Waals surface area contributed by atoms with E-state index in [0.717, 1.165) is 16.9 Å². The van der Waals surface area contributed by atoms with Gasteiger partial charge in [0.2, 0.25) is 10.0 Å². The monoisotopic (exact) mass is 374 g/mol. The van der Waals surface area contributed by atoms with E-state index < -0.39 is 10.0 Å². The van der Waals surface area contributed by atoms with Crippen LogP contribution in [-0.2, 0) is 10.0 Å². The highest BCUT2D eigenvalue weighted by molar-refractivity contribution is 7.89. The fourth-order valence-corrected chi connectivity index (χ4v) is 4.27. The first-order valence-corrected chi connectivity index (χ1v) is 10.1. The predicted molar refractivity (Wildman–Crippen MR) is 100 cm³/mol. The van der Waals surface area contributed by atoms with E-state index in [2.05, 4.69) is 0 Å². The smallest absolute Gasteiger partial charge is 0.253 e. The number of sulfonamides is 1. The van der Waals surface area contributed by atoms with Gasteiger partial charge in [-0.3, -0.25) is 4.79 Å². The van der Waals surface area contributed by atoms with E-state index in [-0.39, 0.29) is 17.6 Å². The van der Waals surface area contributed by atoms with Crippen LogP contribution in [0, 0.1) is 5.92 Å². The molecule has 0 bridgehead atoms. The molecule has 0 unspecified atom stereocenters. The summed E-state index contributed by atoms with van der Waals surface area (Å²) in [6.45, 7) is 0.969. The van der Waals surface area contributed by atoms with Gasteiger partial charge in [-0.2, -0.15) is 0 Å². The highest BCUT2D eigenvalue weighted by Gasteiger charge is 2.29. The molecule has 3 rings (SSSR count). The molecule has 26 heavy (non-hydrogen) atoms. The van der Waals surface area contributed by atoms with Gasteiger partial charge in [0.05, 0.1) is 12.9 Å². The fourth-order valence-electron chi connectivity index (χ4n) is 3.34. The third kappa shape index (κ3) is 4.23. The molecule has 2 aromatic carbocycles. The van der Waals surface area contributed by atoms with Crippen molar-refractivity contribution in [1.82, 2.24) is 4.90 Å². The Labute approximate surface area is 153 Å². The molecule has 6 nitrogen and oxygen atoms in total. The molecule has 0 saturated carbocycles. The Hall–Kier alpha value is -2.38. The average Bonchev–Trinajstić information content (AvgIpc) is 3.07. The highest BCUT2D eigenvalue weighted by Crippen LogP contribution is 2.30. The lowest BCUT2D eigenvalue weighted by Crippen LogP contribution is -2.30. The number of rotatable bonds is 5. The Morgan fingerprint density at radius 1 is 1.19 bits per heavy atom. The molecule has 1 aliphatic rings. The molecule has 138 valence electrons. The van der Waals surface area contributed by atoms with Crippen molar-refractivity contribution in [3.63, 3.8) is 0 Å². The van der Waals surface area contributed by atoms with Crippen LogP contribution in [0.1, 0.15) is 16.8 Å². The van der Waals surface area contributed by atoms with Gasteiger partial charge in [-0.25, -0.2) is 13.6 Å². The van der Waals surface area contributed by atoms with Crippen molar-refractivity contribution in [1.29, 1.82) is 0 Å². The standard InChI is InChI=1S/C19H22N2O4S/c1-25-18-5-3-2-4-17(18)15-6-8-16(9-7-15)19(22)21-11-10-14(12-21)13-26(20,23)24/h2-9,14H,10-13H2,1H3,(H2,20,23,24)/t14-/m0/s1. The minimum atomic E-state index is -3.51. The first-order chi connectivity index (χ1) is 12.4. The van der Waals surface area contributed by atoms with Crippen molar-refractivity contribution in [2.24, 2.45) is 11.1 Å². The van der Waals surface area contributed by atoms with Gasteiger partial charge in [0, 0.05) is 24.2 Å². The van der Waals surface area contributed by atoms with Crippen LogP contribution in [0.5, 0.6) is 5.75 Å². The summed E-state index contributed by atoms with van der Waals surface area (Å²) in [6.07, 6.45) is 0.654. The fraction of sp³-hybridized carbons (Fsp3) is 0.316. The summed E-state index contributed by atoms with van der Waals surface area (Å²) < 4.78 is 27.8. The second-order valence-electron chi connectivity index (χ2n) is 6.51. The quantitative estimate of drug-likeness (QED) is 0.868. The van der Waals surface area contributed by atoms with Crippen molar-refractivity contribution in [2.45, 2.75) is 6.42 Å². The molecular weight excluding hydrogens is 352 g/mol. The second kappa shape index (κ2) is 7.47. The Bertz CT molecular complexity index is 894. The molecule has 0 aliphatic carbocycles. The van der Waals surface area contributed by atoms with E-state index in [9.17, 15) is 13.2 Å². The molecule has 0 radical (unpaired) electrons. The van der Waals surface area contributed by atoms with Crippen molar-refractivity contribution >= 4 is 15.9 Å². The zero-order valence-corrected chi connectivity index (χ0v) is 15.4. The second-order valence-corrected chi connectivity index (χ2v) is 8.17. The molecule has 2 aromatic rings. The first kappa shape index (κ1) is 18.4. The van der Waals surface area contributed by atoms with E-state index in [4.69, 9.17) is 9.88 Å². The third-order valence-electron chi connectivity index (χ3n) is 4.59. The summed E-state index contributed by atoms with van der Waals surface area (Å²) in [7, 11) is -1.89. The lowest BCUT2D eigenvalue weighted by molar-refractivity contribution is 0.0788. The summed E-state index contributed by atoms with van der Waals surface area (Å²) in [5.41, 5.74) is 2.51. The average molecular weight is 374 g/mol. The molecule has 1 saturated heterocycles. The number of ether oxygens (including phenoxy) is 1. The van der Waals surface area contributed by atoms with Crippen molar-refractivity contribution in [2.75, 3.05) is 26.0 Å². The number of hydrogen-bond acceptors (Lipinski definition) is 4. The van der Waals surface area contributed by atoms with E-state index in [1.165, 1.54) is 0 Å². The lowest BCUT2D eigenvalue weighted by Gasteiger charge is -2.17. The number of nitrogens with zero attached hydrogens (tertiary/aromatic N) is 1. The molecule has 1 atom stereocenters. The molecule has 1 aliphatic heterocycles. The number of primary sulfonamides is 1. The summed E-state index contributed by atoms with van der Waals surface area (Å²) in [5.74, 6) is 0.510. The number of para-hydroxylation sites is 1. The van der Waals surface area contributed by atoms with Gasteiger partial charge in [0.25, 0.3) is 5.91 Å². The van der Waals surface area contributed by atoms with Crippen molar-refractivity contribution in [3.8, 4) is 16.9 Å². The Balaban J connectivity index is 1.72. The molecule has 1 heterocycles. The molecule has 0 spiro atoms. The van der Waals surface area contributed by atoms with Crippen molar-refractivity contribution in [3.05, 3.63) is 54.1 Å². The van der Waals surface area contributed by atoms with Gasteiger partial charge < -0.3 is 9.64 Å². The molecule has 1 amide bonds. The zero-order valence-electron chi connectivity index (χ0n) is 14.6. The Morgan fingerprint density at radius 2 is 1.88 bits per heavy atom. The predicted octanol–water partition coefficient (Wildman–Crippen LogP) is 2.11. The molecule has 7 heteroatoms. The lowest BCUT2D eigenvalue weighted by atomic mass is 10.0. The van der Waals surface area contributed by atoms with Crippen molar-refractivity contribution < 1.29 is 17.9 Å². The van der Waals surface area contributed by atoms with Crippen LogP contribution in [0.2, 0.25) is 0 Å². The SMILES string of the molecule is COc1ccccc1-c1ccc(C(=O)N2CC[C@H](CS(N)(=O)=O)C2)cc1. The Morgan fingerprint density at radius 3 is 2.54 bits per heavy atom. The number of carbonyl (C=O) groups excluding carboxylic acids is 1. The first-order valence-electron chi connectivity index (χ1n) is 8.40. The van der Waals surface area contributed by atoms with Crippen LogP contribution in [0.3, 0.4) is 0 Å². The maximum absolute atomic E-state index is 12.6. The topological polar surface area (TPSA) is 89.7 Å². The van der Waals surface area contributed by atoms with Crippen LogP contribution in [0.4, 0.5) is 0 Å². The summed E-state index contributed by atoms with van der Waals surface area (Å²) in [4.78, 5) is 14.3. The number of amides is 1. The molecular formula is C19H22N2O4S. The van der Waals surface area contributed by atoms with Gasteiger partial charge in [-0.05, 0) is 36.1 Å². The molecule has 1 fully saturated rings. The molecule has 2 N–H and O–H groups in total. The summed E-state index contributed by atoms with van der Waals surface area (Å²) in [5, 5.41) is 5.10. The maximum Gasteiger partial charge on any atom is 0.253 e. The van der Waals surface area contributed by atoms with E-state index in [0.29, 0.717) is 25.1 Å². The number of carbonyl (C=O) groups is 1. The zero-order chi connectivity index (χ0) is 18.7. The summed E-state index contributed by atoms with van der Waals surface area (Å²) >= 11 is 0. The Kier molecular flexibility index (Phi) is 5.29. The van der Waals surface area contributed by atoms with Crippen LogP contribution >= 0.6 is 0 Å². The van der Waals surface area contributed by atoms with Gasteiger partial charge in [0.15, 0.2) is 0 Å². The van der Waals surface area contributed by atoms with Crippen LogP contribution in [0.25, 0.3) is 11.1 Å². The minimum Gasteiger partial charge on any atom is -0.496 e. The normalized spacial score (nSPS) is 17.3. The van der Waals surface area contributed by atoms with Crippen LogP contribution in [0.15, 0.2) is 48.5 Å². The van der Waals surface area contributed by atoms with Gasteiger partial charge >= 0.3 is 0 Å². The highest BCUT2D eigenvalue weighted by atomic mass is 32.2. The number of hydrogen-bond donors (Lipinski definition) is 1. The van der Waals surface area contributed by atoms with Crippen LogP contribution in [-0.4, -0.2) is 45.2 Å². The third-order valence-corrected chi connectivity index (χ3v) is 5.53. The number of likely N-dealkylation sites (tertiary alicyclic amines) is 1. The maximum atomic E-state index is 12.6. The van der Waals surface area contributed by atoms with E-state index in [1.807, 2.05) is 36.4 Å². The number of nitrogens with two attached hydrogens (primary N) is 1. The van der Waals surface area contributed by atoms with Gasteiger partial charge in [-0.1, -0.05) is 30.3 Å². The minimum absolute atomic E-state index is 0.0798. The largest absolute Gasteiger partial charge is 0.496 e.